The molecule has 0 saturated heterocycles. The number of carbonyl (C=O) groups is 1. The Bertz CT molecular complexity index is 1340. The van der Waals surface area contributed by atoms with E-state index in [1.807, 2.05) is 6.07 Å². The fourth-order valence-corrected chi connectivity index (χ4v) is 3.64. The molecular formula is C23H12Cl2F2N2O3. The van der Waals surface area contributed by atoms with Gasteiger partial charge in [-0.1, -0.05) is 35.3 Å². The lowest BCUT2D eigenvalue weighted by Crippen LogP contribution is -2.22. The van der Waals surface area contributed by atoms with Crippen molar-refractivity contribution in [3.63, 3.8) is 0 Å². The summed E-state index contributed by atoms with van der Waals surface area (Å²) in [5, 5.41) is 10.0. The summed E-state index contributed by atoms with van der Waals surface area (Å²) in [6.07, 6.45) is 0. The van der Waals surface area contributed by atoms with Gasteiger partial charge in [0.15, 0.2) is 0 Å². The maximum Gasteiger partial charge on any atom is 0.343 e. The number of carbonyl (C=O) groups excluding carboxylic acids is 1. The summed E-state index contributed by atoms with van der Waals surface area (Å²) in [5.41, 5.74) is 6.49. The zero-order chi connectivity index (χ0) is 23.0. The summed E-state index contributed by atoms with van der Waals surface area (Å²) in [6, 6.07) is 13.6. The van der Waals surface area contributed by atoms with Crippen molar-refractivity contribution in [2.24, 2.45) is 5.73 Å². The summed E-state index contributed by atoms with van der Waals surface area (Å²) in [6.45, 7) is 0. The van der Waals surface area contributed by atoms with Gasteiger partial charge < -0.3 is 15.2 Å². The first kappa shape index (κ1) is 21.6. The van der Waals surface area contributed by atoms with Crippen LogP contribution in [0.2, 0.25) is 10.0 Å². The molecule has 0 radical (unpaired) electrons. The Morgan fingerprint density at radius 2 is 1.78 bits per heavy atom. The Labute approximate surface area is 191 Å². The third kappa shape index (κ3) is 3.98. The van der Waals surface area contributed by atoms with E-state index >= 15 is 0 Å². The average molecular weight is 473 g/mol. The van der Waals surface area contributed by atoms with Crippen molar-refractivity contribution in [3.8, 4) is 17.6 Å². The number of allylic oxidation sites excluding steroid dienone is 1. The van der Waals surface area contributed by atoms with E-state index in [1.165, 1.54) is 42.5 Å². The van der Waals surface area contributed by atoms with Crippen molar-refractivity contribution >= 4 is 29.2 Å². The van der Waals surface area contributed by atoms with Crippen LogP contribution in [0.4, 0.5) is 8.78 Å². The summed E-state index contributed by atoms with van der Waals surface area (Å²) in [7, 11) is 0. The van der Waals surface area contributed by atoms with Crippen LogP contribution in [0.3, 0.4) is 0 Å². The van der Waals surface area contributed by atoms with Gasteiger partial charge in [0.25, 0.3) is 0 Å². The Morgan fingerprint density at radius 1 is 1.03 bits per heavy atom. The average Bonchev–Trinajstić information content (AvgIpc) is 2.75. The highest BCUT2D eigenvalue weighted by molar-refractivity contribution is 6.42. The molecule has 0 fully saturated rings. The van der Waals surface area contributed by atoms with E-state index in [9.17, 15) is 18.8 Å². The SMILES string of the molecule is N#CC1=C(N)Oc2cc(OC(=O)c3ccc(Cl)c(Cl)c3)ccc2C1c1ccc(F)cc1F. The Morgan fingerprint density at radius 3 is 2.47 bits per heavy atom. The van der Waals surface area contributed by atoms with Crippen LogP contribution in [0.1, 0.15) is 27.4 Å². The van der Waals surface area contributed by atoms with Gasteiger partial charge in [-0.3, -0.25) is 0 Å². The number of fused-ring (bicyclic) bond motifs is 1. The lowest BCUT2D eigenvalue weighted by atomic mass is 9.83. The highest BCUT2D eigenvalue weighted by Gasteiger charge is 2.33. The second kappa shape index (κ2) is 8.50. The van der Waals surface area contributed by atoms with Gasteiger partial charge in [0.05, 0.1) is 21.5 Å². The van der Waals surface area contributed by atoms with Gasteiger partial charge in [-0.2, -0.15) is 5.26 Å². The Hall–Kier alpha value is -3.60. The first-order chi connectivity index (χ1) is 15.3. The molecule has 1 unspecified atom stereocenters. The summed E-state index contributed by atoms with van der Waals surface area (Å²) in [5.74, 6) is -3.16. The molecule has 0 amide bonds. The molecule has 4 rings (SSSR count). The molecule has 160 valence electrons. The van der Waals surface area contributed by atoms with Crippen LogP contribution >= 0.6 is 23.2 Å². The van der Waals surface area contributed by atoms with E-state index in [1.54, 1.807) is 0 Å². The number of hydrogen-bond acceptors (Lipinski definition) is 5. The standard InChI is InChI=1S/C23H12Cl2F2N2O3/c24-17-6-1-11(7-18(17)25)23(30)31-13-3-5-15-20(9-13)32-22(29)16(10-28)21(15)14-4-2-12(26)8-19(14)27/h1-9,21H,29H2. The lowest BCUT2D eigenvalue weighted by Gasteiger charge is -2.27. The highest BCUT2D eigenvalue weighted by atomic mass is 35.5. The number of rotatable bonds is 3. The zero-order valence-electron chi connectivity index (χ0n) is 16.0. The predicted molar refractivity (Wildman–Crippen MR) is 114 cm³/mol. The Balaban J connectivity index is 1.71. The number of hydrogen-bond donors (Lipinski definition) is 1. The fourth-order valence-electron chi connectivity index (χ4n) is 3.34. The van der Waals surface area contributed by atoms with Gasteiger partial charge >= 0.3 is 5.97 Å². The van der Waals surface area contributed by atoms with Crippen LogP contribution in [0.5, 0.6) is 11.5 Å². The molecule has 5 nitrogen and oxygen atoms in total. The van der Waals surface area contributed by atoms with E-state index in [-0.39, 0.29) is 39.1 Å². The van der Waals surface area contributed by atoms with E-state index < -0.39 is 23.5 Å². The van der Waals surface area contributed by atoms with Crippen molar-refractivity contribution < 1.29 is 23.0 Å². The minimum atomic E-state index is -0.927. The summed E-state index contributed by atoms with van der Waals surface area (Å²) < 4.78 is 38.8. The molecule has 3 aromatic carbocycles. The maximum atomic E-state index is 14.5. The smallest absolute Gasteiger partial charge is 0.343 e. The van der Waals surface area contributed by atoms with Gasteiger partial charge in [-0.15, -0.1) is 0 Å². The molecule has 9 heteroatoms. The second-order valence-electron chi connectivity index (χ2n) is 6.81. The van der Waals surface area contributed by atoms with Crippen molar-refractivity contribution in [2.75, 3.05) is 0 Å². The number of nitrogens with zero attached hydrogens (tertiary/aromatic N) is 1. The monoisotopic (exact) mass is 472 g/mol. The molecule has 0 aromatic heterocycles. The number of nitrogens with two attached hydrogens (primary N) is 1. The van der Waals surface area contributed by atoms with Gasteiger partial charge in [-0.05, 0) is 30.3 Å². The van der Waals surface area contributed by atoms with Gasteiger partial charge in [-0.25, -0.2) is 13.6 Å². The van der Waals surface area contributed by atoms with Gasteiger partial charge in [0, 0.05) is 23.3 Å². The van der Waals surface area contributed by atoms with Crippen molar-refractivity contribution in [1.82, 2.24) is 0 Å². The van der Waals surface area contributed by atoms with Crippen LogP contribution in [-0.4, -0.2) is 5.97 Å². The number of halogens is 4. The molecule has 2 N–H and O–H groups in total. The third-order valence-electron chi connectivity index (χ3n) is 4.83. The molecule has 1 aliphatic heterocycles. The summed E-state index contributed by atoms with van der Waals surface area (Å²) >= 11 is 11.8. The minimum absolute atomic E-state index is 0.0245. The van der Waals surface area contributed by atoms with Gasteiger partial charge in [0.1, 0.15) is 34.8 Å². The highest BCUT2D eigenvalue weighted by Crippen LogP contribution is 2.44. The van der Waals surface area contributed by atoms with E-state index in [4.69, 9.17) is 38.4 Å². The van der Waals surface area contributed by atoms with Crippen LogP contribution in [-0.2, 0) is 0 Å². The first-order valence-electron chi connectivity index (χ1n) is 9.12. The summed E-state index contributed by atoms with van der Waals surface area (Å²) in [4.78, 5) is 12.4. The normalized spacial score (nSPS) is 14.9. The second-order valence-corrected chi connectivity index (χ2v) is 7.62. The van der Waals surface area contributed by atoms with Crippen LogP contribution in [0.25, 0.3) is 0 Å². The quantitative estimate of drug-likeness (QED) is 0.389. The largest absolute Gasteiger partial charge is 0.440 e. The molecule has 3 aromatic rings. The van der Waals surface area contributed by atoms with E-state index in [0.717, 1.165) is 12.1 Å². The topological polar surface area (TPSA) is 85.3 Å². The van der Waals surface area contributed by atoms with Crippen LogP contribution in [0, 0.1) is 23.0 Å². The molecule has 0 spiro atoms. The molecule has 1 atom stereocenters. The Kier molecular flexibility index (Phi) is 5.74. The molecule has 1 heterocycles. The minimum Gasteiger partial charge on any atom is -0.440 e. The molecule has 0 saturated carbocycles. The molecular weight excluding hydrogens is 461 g/mol. The van der Waals surface area contributed by atoms with Crippen molar-refractivity contribution in [2.45, 2.75) is 5.92 Å². The molecule has 1 aliphatic rings. The van der Waals surface area contributed by atoms with Crippen molar-refractivity contribution in [3.05, 3.63) is 104 Å². The zero-order valence-corrected chi connectivity index (χ0v) is 17.5. The third-order valence-corrected chi connectivity index (χ3v) is 5.57. The number of esters is 1. The van der Waals surface area contributed by atoms with Crippen molar-refractivity contribution in [1.29, 1.82) is 5.26 Å². The lowest BCUT2D eigenvalue weighted by molar-refractivity contribution is 0.0734. The number of ether oxygens (including phenoxy) is 2. The van der Waals surface area contributed by atoms with E-state index in [0.29, 0.717) is 10.6 Å². The van der Waals surface area contributed by atoms with Gasteiger partial charge in [0.2, 0.25) is 5.88 Å². The molecule has 0 bridgehead atoms. The molecule has 0 aliphatic carbocycles. The van der Waals surface area contributed by atoms with Crippen LogP contribution in [0.15, 0.2) is 66.1 Å². The number of benzene rings is 3. The predicted octanol–water partition coefficient (Wildman–Crippen LogP) is 5.71. The fraction of sp³-hybridized carbons (Fsp3) is 0.0435. The maximum absolute atomic E-state index is 14.5. The van der Waals surface area contributed by atoms with Crippen LogP contribution < -0.4 is 15.2 Å². The number of nitriles is 1. The van der Waals surface area contributed by atoms with E-state index in [2.05, 4.69) is 0 Å². The first-order valence-corrected chi connectivity index (χ1v) is 9.87. The molecule has 32 heavy (non-hydrogen) atoms.